The van der Waals surface area contributed by atoms with Crippen molar-refractivity contribution in [2.24, 2.45) is 11.1 Å². The molecule has 1 aliphatic carbocycles. The maximum atomic E-state index is 11.9. The molecule has 116 valence electrons. The zero-order chi connectivity index (χ0) is 14.8. The summed E-state index contributed by atoms with van der Waals surface area (Å²) in [7, 11) is 1.44. The van der Waals surface area contributed by atoms with E-state index < -0.39 is 5.54 Å². The Bertz CT molecular complexity index is 354. The van der Waals surface area contributed by atoms with Gasteiger partial charge in [-0.25, -0.2) is 0 Å². The lowest BCUT2D eigenvalue weighted by molar-refractivity contribution is -0.149. The van der Waals surface area contributed by atoms with E-state index in [-0.39, 0.29) is 5.97 Å². The number of ether oxygens (including phenoxy) is 1. The Kier molecular flexibility index (Phi) is 4.75. The number of hydrogen-bond donors (Lipinski definition) is 1. The van der Waals surface area contributed by atoms with Crippen LogP contribution in [0.2, 0.25) is 0 Å². The van der Waals surface area contributed by atoms with Crippen LogP contribution in [0.5, 0.6) is 0 Å². The number of rotatable bonds is 4. The molecule has 1 saturated carbocycles. The van der Waals surface area contributed by atoms with Crippen LogP contribution in [0.25, 0.3) is 0 Å². The quantitative estimate of drug-likeness (QED) is 0.804. The van der Waals surface area contributed by atoms with Crippen LogP contribution in [0.15, 0.2) is 0 Å². The molecule has 1 aliphatic heterocycles. The van der Waals surface area contributed by atoms with E-state index >= 15 is 0 Å². The van der Waals surface area contributed by atoms with Crippen LogP contribution in [0.3, 0.4) is 0 Å². The van der Waals surface area contributed by atoms with Crippen LogP contribution in [-0.4, -0.2) is 42.6 Å². The average Bonchev–Trinajstić information content (AvgIpc) is 2.91. The summed E-state index contributed by atoms with van der Waals surface area (Å²) >= 11 is 0. The summed E-state index contributed by atoms with van der Waals surface area (Å²) in [5.41, 5.74) is 6.03. The lowest BCUT2D eigenvalue weighted by Gasteiger charge is -2.40. The number of hydrogen-bond acceptors (Lipinski definition) is 4. The first-order valence-corrected chi connectivity index (χ1v) is 8.10. The molecule has 0 aromatic carbocycles. The smallest absolute Gasteiger partial charge is 0.325 e. The molecule has 0 amide bonds. The number of methoxy groups -OCH3 is 1. The summed E-state index contributed by atoms with van der Waals surface area (Å²) in [6.45, 7) is 6.93. The molecule has 2 aliphatic rings. The Hall–Kier alpha value is -0.610. The highest BCUT2D eigenvalue weighted by Crippen LogP contribution is 2.40. The average molecular weight is 282 g/mol. The molecule has 0 aromatic heterocycles. The van der Waals surface area contributed by atoms with Crippen LogP contribution in [0.4, 0.5) is 0 Å². The molecule has 0 radical (unpaired) electrons. The highest BCUT2D eigenvalue weighted by atomic mass is 16.5. The van der Waals surface area contributed by atoms with Gasteiger partial charge in [-0.1, -0.05) is 13.8 Å². The number of carbonyl (C=O) groups excluding carboxylic acids is 1. The van der Waals surface area contributed by atoms with E-state index in [1.165, 1.54) is 39.3 Å². The van der Waals surface area contributed by atoms with Crippen LogP contribution < -0.4 is 5.73 Å². The zero-order valence-corrected chi connectivity index (χ0v) is 13.3. The second-order valence-electron chi connectivity index (χ2n) is 6.83. The molecule has 0 aromatic rings. The Morgan fingerprint density at radius 2 is 2.05 bits per heavy atom. The Balaban J connectivity index is 2.02. The third kappa shape index (κ3) is 2.86. The molecule has 2 unspecified atom stereocenters. The van der Waals surface area contributed by atoms with Crippen LogP contribution in [0.1, 0.15) is 58.8 Å². The first-order chi connectivity index (χ1) is 9.48. The Morgan fingerprint density at radius 1 is 1.35 bits per heavy atom. The fourth-order valence-corrected chi connectivity index (χ4v) is 4.09. The van der Waals surface area contributed by atoms with Crippen molar-refractivity contribution < 1.29 is 9.53 Å². The lowest BCUT2D eigenvalue weighted by atomic mass is 9.78. The summed E-state index contributed by atoms with van der Waals surface area (Å²) in [6.07, 6.45) is 7.48. The molecule has 0 spiro atoms. The van der Waals surface area contributed by atoms with E-state index in [0.717, 1.165) is 25.8 Å². The second-order valence-corrected chi connectivity index (χ2v) is 6.83. The molecular formula is C16H30N2O2. The maximum absolute atomic E-state index is 11.9. The SMILES string of the molecule is CCC1(CC)CCN(C2CCCC(N)(C(=O)OC)C2)C1. The van der Waals surface area contributed by atoms with Crippen LogP contribution >= 0.6 is 0 Å². The van der Waals surface area contributed by atoms with Gasteiger partial charge in [0.05, 0.1) is 7.11 Å². The minimum Gasteiger partial charge on any atom is -0.468 e. The van der Waals surface area contributed by atoms with E-state index in [1.54, 1.807) is 0 Å². The molecule has 2 N–H and O–H groups in total. The molecule has 2 fully saturated rings. The predicted octanol–water partition coefficient (Wildman–Crippen LogP) is 2.31. The van der Waals surface area contributed by atoms with Crippen molar-refractivity contribution in [2.45, 2.75) is 70.4 Å². The molecule has 4 nitrogen and oxygen atoms in total. The standard InChI is InChI=1S/C16H30N2O2/c1-4-15(5-2)9-10-18(12-15)13-7-6-8-16(17,11-13)14(19)20-3/h13H,4-12,17H2,1-3H3. The Labute approximate surface area is 123 Å². The fourth-order valence-electron chi connectivity index (χ4n) is 4.09. The Morgan fingerprint density at radius 3 is 2.60 bits per heavy atom. The number of nitrogens with zero attached hydrogens (tertiary/aromatic N) is 1. The maximum Gasteiger partial charge on any atom is 0.325 e. The highest BCUT2D eigenvalue weighted by Gasteiger charge is 2.45. The van der Waals surface area contributed by atoms with Gasteiger partial charge in [0.15, 0.2) is 0 Å². The van der Waals surface area contributed by atoms with Gasteiger partial charge < -0.3 is 10.5 Å². The van der Waals surface area contributed by atoms with Gasteiger partial charge in [0.2, 0.25) is 0 Å². The summed E-state index contributed by atoms with van der Waals surface area (Å²) in [5, 5.41) is 0. The minimum absolute atomic E-state index is 0.237. The number of likely N-dealkylation sites (tertiary alicyclic amines) is 1. The van der Waals surface area contributed by atoms with Gasteiger partial charge in [-0.3, -0.25) is 9.69 Å². The lowest BCUT2D eigenvalue weighted by Crippen LogP contribution is -2.56. The van der Waals surface area contributed by atoms with E-state index in [2.05, 4.69) is 18.7 Å². The fraction of sp³-hybridized carbons (Fsp3) is 0.938. The van der Waals surface area contributed by atoms with Crippen molar-refractivity contribution in [2.75, 3.05) is 20.2 Å². The van der Waals surface area contributed by atoms with Gasteiger partial charge in [0.1, 0.15) is 5.54 Å². The van der Waals surface area contributed by atoms with Crippen LogP contribution in [-0.2, 0) is 9.53 Å². The molecule has 1 heterocycles. The molecule has 20 heavy (non-hydrogen) atoms. The number of carbonyl (C=O) groups is 1. The van der Waals surface area contributed by atoms with Crippen molar-refractivity contribution in [1.29, 1.82) is 0 Å². The third-order valence-electron chi connectivity index (χ3n) is 5.84. The molecule has 2 atom stereocenters. The van der Waals surface area contributed by atoms with Crippen molar-refractivity contribution >= 4 is 5.97 Å². The van der Waals surface area contributed by atoms with Crippen molar-refractivity contribution in [3.63, 3.8) is 0 Å². The van der Waals surface area contributed by atoms with Crippen molar-refractivity contribution in [3.8, 4) is 0 Å². The van der Waals surface area contributed by atoms with Gasteiger partial charge in [0, 0.05) is 12.6 Å². The first-order valence-electron chi connectivity index (χ1n) is 8.10. The van der Waals surface area contributed by atoms with Crippen molar-refractivity contribution in [1.82, 2.24) is 4.90 Å². The summed E-state index contributed by atoms with van der Waals surface area (Å²) in [4.78, 5) is 14.5. The van der Waals surface area contributed by atoms with E-state index in [1.807, 2.05) is 0 Å². The van der Waals surface area contributed by atoms with E-state index in [4.69, 9.17) is 10.5 Å². The molecule has 2 rings (SSSR count). The largest absolute Gasteiger partial charge is 0.468 e. The predicted molar refractivity (Wildman–Crippen MR) is 80.4 cm³/mol. The third-order valence-corrected chi connectivity index (χ3v) is 5.84. The number of esters is 1. The van der Waals surface area contributed by atoms with Crippen LogP contribution in [0, 0.1) is 5.41 Å². The van der Waals surface area contributed by atoms with Gasteiger partial charge in [-0.2, -0.15) is 0 Å². The van der Waals surface area contributed by atoms with E-state index in [0.29, 0.717) is 11.5 Å². The molecule has 4 heteroatoms. The van der Waals surface area contributed by atoms with Gasteiger partial charge >= 0.3 is 5.97 Å². The summed E-state index contributed by atoms with van der Waals surface area (Å²) in [5.74, 6) is -0.237. The molecular weight excluding hydrogens is 252 g/mol. The van der Waals surface area contributed by atoms with Crippen molar-refractivity contribution in [3.05, 3.63) is 0 Å². The topological polar surface area (TPSA) is 55.6 Å². The summed E-state index contributed by atoms with van der Waals surface area (Å²) < 4.78 is 4.90. The first kappa shape index (κ1) is 15.8. The monoisotopic (exact) mass is 282 g/mol. The molecule has 0 bridgehead atoms. The van der Waals surface area contributed by atoms with Gasteiger partial charge in [-0.15, -0.1) is 0 Å². The summed E-state index contributed by atoms with van der Waals surface area (Å²) in [6, 6.07) is 0.452. The second kappa shape index (κ2) is 6.02. The molecule has 1 saturated heterocycles. The minimum atomic E-state index is -0.763. The normalized spacial score (nSPS) is 34.1. The van der Waals surface area contributed by atoms with Gasteiger partial charge in [-0.05, 0) is 56.9 Å². The highest BCUT2D eigenvalue weighted by molar-refractivity contribution is 5.80. The van der Waals surface area contributed by atoms with E-state index in [9.17, 15) is 4.79 Å². The number of nitrogens with two attached hydrogens (primary N) is 1. The van der Waals surface area contributed by atoms with Gasteiger partial charge in [0.25, 0.3) is 0 Å². The zero-order valence-electron chi connectivity index (χ0n) is 13.3.